The Kier molecular flexibility index (Phi) is 7.29. The summed E-state index contributed by atoms with van der Waals surface area (Å²) < 4.78 is 13.0. The minimum absolute atomic E-state index is 0.0544. The van der Waals surface area contributed by atoms with E-state index in [-0.39, 0.29) is 17.3 Å². The fourth-order valence-electron chi connectivity index (χ4n) is 3.00. The molecular weight excluding hydrogens is 674 g/mol. The van der Waals surface area contributed by atoms with Crippen LogP contribution < -0.4 is 4.74 Å². The second-order valence-electron chi connectivity index (χ2n) is 6.87. The number of nitro groups is 1. The maximum absolute atomic E-state index is 12.3. The molecule has 0 bridgehead atoms. The topological polar surface area (TPSA) is 91.0 Å². The lowest BCUT2D eigenvalue weighted by Crippen LogP contribution is -2.05. The maximum atomic E-state index is 12.3. The van der Waals surface area contributed by atoms with E-state index in [1.54, 1.807) is 6.08 Å². The zero-order valence-electron chi connectivity index (χ0n) is 16.6. The molecule has 3 aromatic carbocycles. The maximum Gasteiger partial charge on any atom is 0.363 e. The Hall–Kier alpha value is -2.51. The average molecular weight is 687 g/mol. The number of rotatable bonds is 6. The van der Waals surface area contributed by atoms with Gasteiger partial charge in [0.25, 0.3) is 5.69 Å². The summed E-state index contributed by atoms with van der Waals surface area (Å²) in [6.45, 7) is 0.377. The first-order valence-corrected chi connectivity index (χ1v) is 12.0. The number of ether oxygens (including phenoxy) is 2. The number of non-ortho nitro benzene ring substituents is 1. The lowest BCUT2D eigenvalue weighted by Gasteiger charge is -2.12. The van der Waals surface area contributed by atoms with Gasteiger partial charge in [-0.05, 0) is 98.8 Å². The van der Waals surface area contributed by atoms with Gasteiger partial charge in [0.1, 0.15) is 12.4 Å². The number of nitro benzene ring substituents is 1. The summed E-state index contributed by atoms with van der Waals surface area (Å²) >= 11 is 10.4. The Labute approximate surface area is 220 Å². The highest BCUT2D eigenvalue weighted by atomic mass is 127. The van der Waals surface area contributed by atoms with Gasteiger partial charge >= 0.3 is 5.97 Å². The van der Waals surface area contributed by atoms with Crippen LogP contribution in [0.1, 0.15) is 16.7 Å². The molecule has 0 radical (unpaired) electrons. The first-order chi connectivity index (χ1) is 15.8. The molecule has 0 atom stereocenters. The van der Waals surface area contributed by atoms with Gasteiger partial charge in [-0.15, -0.1) is 0 Å². The van der Waals surface area contributed by atoms with Crippen molar-refractivity contribution in [1.82, 2.24) is 0 Å². The largest absolute Gasteiger partial charge is 0.487 e. The Morgan fingerprint density at radius 3 is 2.42 bits per heavy atom. The van der Waals surface area contributed by atoms with Crippen LogP contribution in [0.25, 0.3) is 6.08 Å². The highest BCUT2D eigenvalue weighted by Gasteiger charge is 2.25. The van der Waals surface area contributed by atoms with Gasteiger partial charge in [0.15, 0.2) is 5.70 Å². The monoisotopic (exact) mass is 686 g/mol. The van der Waals surface area contributed by atoms with Crippen LogP contribution in [0.4, 0.5) is 5.69 Å². The lowest BCUT2D eigenvalue weighted by molar-refractivity contribution is -0.384. The van der Waals surface area contributed by atoms with E-state index in [1.807, 2.05) is 36.4 Å². The van der Waals surface area contributed by atoms with Gasteiger partial charge in [-0.2, -0.15) is 0 Å². The van der Waals surface area contributed by atoms with Crippen molar-refractivity contribution in [2.45, 2.75) is 6.61 Å². The molecule has 0 aromatic heterocycles. The first kappa shape index (κ1) is 23.6. The molecule has 3 aromatic rings. The first-order valence-electron chi connectivity index (χ1n) is 9.44. The second kappa shape index (κ2) is 10.2. The molecule has 7 nitrogen and oxygen atoms in total. The number of nitrogens with zero attached hydrogens (tertiary/aromatic N) is 2. The number of carbonyl (C=O) groups excluding carboxylic acids is 1. The third-order valence-corrected chi connectivity index (χ3v) is 6.38. The van der Waals surface area contributed by atoms with E-state index in [9.17, 15) is 14.9 Å². The number of halogens is 3. The summed E-state index contributed by atoms with van der Waals surface area (Å²) in [7, 11) is 0. The van der Waals surface area contributed by atoms with E-state index >= 15 is 0 Å². The highest BCUT2D eigenvalue weighted by Crippen LogP contribution is 2.31. The Balaban J connectivity index is 1.54. The molecule has 166 valence electrons. The molecule has 10 heteroatoms. The van der Waals surface area contributed by atoms with E-state index in [0.29, 0.717) is 17.2 Å². The number of carbonyl (C=O) groups is 1. The lowest BCUT2D eigenvalue weighted by atomic mass is 10.2. The van der Waals surface area contributed by atoms with Gasteiger partial charge < -0.3 is 9.47 Å². The molecule has 0 unspecified atom stereocenters. The van der Waals surface area contributed by atoms with Crippen LogP contribution in [0, 0.1) is 17.3 Å². The SMILES string of the molecule is O=C1OC(c2ccc([N+](=O)[O-])cc2)=N/C1=C\c1cc(I)c(OCc2cccc(Cl)c2)c(I)c1. The second-order valence-corrected chi connectivity index (χ2v) is 9.63. The summed E-state index contributed by atoms with van der Waals surface area (Å²) in [6, 6.07) is 16.9. The minimum Gasteiger partial charge on any atom is -0.487 e. The standard InChI is InChI=1S/C23H13ClI2N2O5/c24-16-3-1-2-13(8-16)12-32-21-18(25)9-14(10-19(21)26)11-20-23(29)33-22(27-20)15-4-6-17(7-5-15)28(30)31/h1-11H,12H2/b20-11-. The van der Waals surface area contributed by atoms with Gasteiger partial charge in [0, 0.05) is 22.7 Å². The molecule has 33 heavy (non-hydrogen) atoms. The zero-order chi connectivity index (χ0) is 23.5. The van der Waals surface area contributed by atoms with Crippen LogP contribution in [0.15, 0.2) is 71.4 Å². The van der Waals surface area contributed by atoms with Crippen molar-refractivity contribution in [3.63, 3.8) is 0 Å². The molecule has 0 N–H and O–H groups in total. The smallest absolute Gasteiger partial charge is 0.363 e. The molecule has 0 saturated heterocycles. The van der Waals surface area contributed by atoms with E-state index in [4.69, 9.17) is 21.1 Å². The predicted octanol–water partition coefficient (Wildman–Crippen LogP) is 6.38. The molecular formula is C23H13ClI2N2O5. The van der Waals surface area contributed by atoms with Crippen molar-refractivity contribution in [3.05, 3.63) is 105 Å². The molecule has 0 aliphatic carbocycles. The fourth-order valence-corrected chi connectivity index (χ4v) is 5.34. The van der Waals surface area contributed by atoms with Crippen molar-refractivity contribution in [3.8, 4) is 5.75 Å². The normalized spacial score (nSPS) is 14.2. The van der Waals surface area contributed by atoms with Gasteiger partial charge in [-0.1, -0.05) is 23.7 Å². The summed E-state index contributed by atoms with van der Waals surface area (Å²) in [5.74, 6) is 0.254. The molecule has 4 rings (SSSR count). The van der Waals surface area contributed by atoms with Crippen molar-refractivity contribution >= 4 is 80.4 Å². The van der Waals surface area contributed by atoms with E-state index in [2.05, 4.69) is 50.2 Å². The van der Waals surface area contributed by atoms with Gasteiger partial charge in [0.2, 0.25) is 5.90 Å². The van der Waals surface area contributed by atoms with Crippen molar-refractivity contribution in [2.75, 3.05) is 0 Å². The summed E-state index contributed by atoms with van der Waals surface area (Å²) in [5, 5.41) is 11.5. The van der Waals surface area contributed by atoms with Crippen LogP contribution in [0.3, 0.4) is 0 Å². The van der Waals surface area contributed by atoms with E-state index in [1.165, 1.54) is 24.3 Å². The van der Waals surface area contributed by atoms with Crippen molar-refractivity contribution in [2.24, 2.45) is 4.99 Å². The summed E-state index contributed by atoms with van der Waals surface area (Å²) in [5.41, 5.74) is 2.29. The molecule has 1 aliphatic rings. The third kappa shape index (κ3) is 5.71. The molecule has 1 heterocycles. The molecule has 0 fully saturated rings. The Bertz CT molecular complexity index is 1300. The Morgan fingerprint density at radius 2 is 1.79 bits per heavy atom. The number of hydrogen-bond acceptors (Lipinski definition) is 6. The van der Waals surface area contributed by atoms with Gasteiger partial charge in [-0.25, -0.2) is 9.79 Å². The highest BCUT2D eigenvalue weighted by molar-refractivity contribution is 14.1. The number of hydrogen-bond donors (Lipinski definition) is 0. The predicted molar refractivity (Wildman–Crippen MR) is 141 cm³/mol. The minimum atomic E-state index is -0.588. The summed E-state index contributed by atoms with van der Waals surface area (Å²) in [4.78, 5) is 26.9. The van der Waals surface area contributed by atoms with Crippen LogP contribution in [-0.4, -0.2) is 16.8 Å². The third-order valence-electron chi connectivity index (χ3n) is 4.54. The number of cyclic esters (lactones) is 1. The van der Waals surface area contributed by atoms with Gasteiger partial charge in [0.05, 0.1) is 12.1 Å². The zero-order valence-corrected chi connectivity index (χ0v) is 21.7. The number of aliphatic imine (C=N–C) groups is 1. The van der Waals surface area contributed by atoms with E-state index in [0.717, 1.165) is 24.0 Å². The molecule has 0 amide bonds. The van der Waals surface area contributed by atoms with Crippen molar-refractivity contribution in [1.29, 1.82) is 0 Å². The number of benzene rings is 3. The van der Waals surface area contributed by atoms with Crippen LogP contribution in [-0.2, 0) is 16.1 Å². The van der Waals surface area contributed by atoms with Crippen LogP contribution in [0.2, 0.25) is 5.02 Å². The number of esters is 1. The van der Waals surface area contributed by atoms with Crippen LogP contribution in [0.5, 0.6) is 5.75 Å². The average Bonchev–Trinajstić information content (AvgIpc) is 3.13. The fraction of sp³-hybridized carbons (Fsp3) is 0.0435. The summed E-state index contributed by atoms with van der Waals surface area (Å²) in [6.07, 6.45) is 1.63. The van der Waals surface area contributed by atoms with Gasteiger partial charge in [-0.3, -0.25) is 10.1 Å². The van der Waals surface area contributed by atoms with Crippen molar-refractivity contribution < 1.29 is 19.2 Å². The molecule has 1 aliphatic heterocycles. The Morgan fingerprint density at radius 1 is 1.09 bits per heavy atom. The van der Waals surface area contributed by atoms with Crippen LogP contribution >= 0.6 is 56.8 Å². The quantitative estimate of drug-likeness (QED) is 0.0988. The molecule has 0 saturated carbocycles. The van der Waals surface area contributed by atoms with E-state index < -0.39 is 10.9 Å². The molecule has 0 spiro atoms.